The third kappa shape index (κ3) is 4.84. The number of rotatable bonds is 7. The van der Waals surface area contributed by atoms with Gasteiger partial charge in [-0.3, -0.25) is 10.1 Å². The number of benzene rings is 1. The molecule has 100 valence electrons. The first-order valence-corrected chi connectivity index (χ1v) is 6.48. The minimum Gasteiger partial charge on any atom is -0.310 e. The molecule has 0 heterocycles. The van der Waals surface area contributed by atoms with Crippen LogP contribution in [0.2, 0.25) is 0 Å². The van der Waals surface area contributed by atoms with Crippen LogP contribution in [0.4, 0.5) is 5.69 Å². The molecule has 0 aliphatic rings. The Balaban J connectivity index is 2.41. The molecule has 4 nitrogen and oxygen atoms in total. The molecule has 0 saturated carbocycles. The minimum absolute atomic E-state index is 0.144. The van der Waals surface area contributed by atoms with Gasteiger partial charge in [-0.2, -0.15) is 0 Å². The molecule has 1 aromatic rings. The fourth-order valence-electron chi connectivity index (χ4n) is 1.83. The molecule has 0 amide bonds. The predicted molar refractivity (Wildman–Crippen MR) is 73.6 cm³/mol. The van der Waals surface area contributed by atoms with Crippen LogP contribution in [-0.2, 0) is 0 Å². The van der Waals surface area contributed by atoms with Crippen molar-refractivity contribution in [2.45, 2.75) is 39.7 Å². The summed E-state index contributed by atoms with van der Waals surface area (Å²) >= 11 is 0. The van der Waals surface area contributed by atoms with E-state index in [1.54, 1.807) is 12.1 Å². The average Bonchev–Trinajstić information content (AvgIpc) is 2.34. The lowest BCUT2D eigenvalue weighted by Crippen LogP contribution is -2.20. The maximum atomic E-state index is 10.5. The van der Waals surface area contributed by atoms with Crippen molar-refractivity contribution in [1.29, 1.82) is 0 Å². The van der Waals surface area contributed by atoms with E-state index in [-0.39, 0.29) is 16.7 Å². The minimum atomic E-state index is -0.371. The molecule has 0 aromatic heterocycles. The fourth-order valence-corrected chi connectivity index (χ4v) is 1.83. The highest BCUT2D eigenvalue weighted by molar-refractivity contribution is 5.33. The molecule has 0 fully saturated rings. The number of nitrogens with one attached hydrogen (secondary N) is 1. The van der Waals surface area contributed by atoms with Crippen molar-refractivity contribution in [3.63, 3.8) is 0 Å². The van der Waals surface area contributed by atoms with Gasteiger partial charge in [-0.25, -0.2) is 0 Å². The Labute approximate surface area is 109 Å². The number of nitro benzene ring substituents is 1. The van der Waals surface area contributed by atoms with Crippen LogP contribution in [0.15, 0.2) is 24.3 Å². The number of hydrogen-bond donors (Lipinski definition) is 1. The van der Waals surface area contributed by atoms with Crippen molar-refractivity contribution in [3.8, 4) is 0 Å². The number of non-ortho nitro benzene ring substituents is 1. The van der Waals surface area contributed by atoms with Crippen LogP contribution in [0.1, 0.15) is 45.2 Å². The first kappa shape index (κ1) is 14.6. The summed E-state index contributed by atoms with van der Waals surface area (Å²) in [5.41, 5.74) is 1.23. The third-order valence-electron chi connectivity index (χ3n) is 3.01. The molecule has 0 aliphatic heterocycles. The van der Waals surface area contributed by atoms with Crippen LogP contribution in [0.5, 0.6) is 0 Å². The van der Waals surface area contributed by atoms with E-state index in [2.05, 4.69) is 26.1 Å². The molecule has 1 unspecified atom stereocenters. The maximum absolute atomic E-state index is 10.5. The molecule has 18 heavy (non-hydrogen) atoms. The smallest absolute Gasteiger partial charge is 0.269 e. The summed E-state index contributed by atoms with van der Waals surface area (Å²) < 4.78 is 0. The monoisotopic (exact) mass is 250 g/mol. The predicted octanol–water partition coefficient (Wildman–Crippen LogP) is 3.68. The van der Waals surface area contributed by atoms with E-state index < -0.39 is 0 Å². The lowest BCUT2D eigenvalue weighted by molar-refractivity contribution is -0.384. The summed E-state index contributed by atoms with van der Waals surface area (Å²) in [5, 5.41) is 14.0. The summed E-state index contributed by atoms with van der Waals surface area (Å²) in [4.78, 5) is 10.2. The molecule has 0 aliphatic carbocycles. The lowest BCUT2D eigenvalue weighted by Gasteiger charge is -2.14. The van der Waals surface area contributed by atoms with Gasteiger partial charge in [0.15, 0.2) is 0 Å². The van der Waals surface area contributed by atoms with Gasteiger partial charge in [0, 0.05) is 18.2 Å². The molecule has 4 heteroatoms. The molecule has 0 spiro atoms. The van der Waals surface area contributed by atoms with Crippen LogP contribution in [0.3, 0.4) is 0 Å². The molecular weight excluding hydrogens is 228 g/mol. The number of nitro groups is 1. The quantitative estimate of drug-likeness (QED) is 0.456. The largest absolute Gasteiger partial charge is 0.310 e. The van der Waals surface area contributed by atoms with Crippen molar-refractivity contribution >= 4 is 5.69 Å². The van der Waals surface area contributed by atoms with E-state index in [0.717, 1.165) is 24.4 Å². The second-order valence-corrected chi connectivity index (χ2v) is 5.06. The van der Waals surface area contributed by atoms with Crippen LogP contribution in [0.25, 0.3) is 0 Å². The Kier molecular flexibility index (Phi) is 5.78. The van der Waals surface area contributed by atoms with Gasteiger partial charge >= 0.3 is 0 Å². The number of hydrogen-bond acceptors (Lipinski definition) is 3. The van der Waals surface area contributed by atoms with Crippen molar-refractivity contribution in [3.05, 3.63) is 39.9 Å². The SMILES string of the molecule is CC(C)CCCNC(C)c1ccc([N+](=O)[O-])cc1. The zero-order valence-electron chi connectivity index (χ0n) is 11.3. The van der Waals surface area contributed by atoms with Crippen molar-refractivity contribution < 1.29 is 4.92 Å². The van der Waals surface area contributed by atoms with Crippen molar-refractivity contribution in [1.82, 2.24) is 5.32 Å². The molecule has 1 atom stereocenters. The van der Waals surface area contributed by atoms with E-state index in [4.69, 9.17) is 0 Å². The van der Waals surface area contributed by atoms with Crippen LogP contribution in [-0.4, -0.2) is 11.5 Å². The average molecular weight is 250 g/mol. The van der Waals surface area contributed by atoms with Gasteiger partial charge in [0.05, 0.1) is 4.92 Å². The summed E-state index contributed by atoms with van der Waals surface area (Å²) in [6.45, 7) is 7.51. The summed E-state index contributed by atoms with van der Waals surface area (Å²) in [6.07, 6.45) is 2.38. The molecule has 1 rings (SSSR count). The van der Waals surface area contributed by atoms with Gasteiger partial charge in [-0.1, -0.05) is 26.0 Å². The normalized spacial score (nSPS) is 12.7. The third-order valence-corrected chi connectivity index (χ3v) is 3.01. The highest BCUT2D eigenvalue weighted by Gasteiger charge is 2.08. The Morgan fingerprint density at radius 2 is 1.83 bits per heavy atom. The Hall–Kier alpha value is -1.42. The molecule has 1 aromatic carbocycles. The first-order chi connectivity index (χ1) is 8.50. The fraction of sp³-hybridized carbons (Fsp3) is 0.571. The van der Waals surface area contributed by atoms with E-state index in [1.807, 2.05) is 12.1 Å². The Bertz CT molecular complexity index is 374. The molecular formula is C14H22N2O2. The van der Waals surface area contributed by atoms with Crippen LogP contribution < -0.4 is 5.32 Å². The molecule has 1 N–H and O–H groups in total. The van der Waals surface area contributed by atoms with Crippen LogP contribution >= 0.6 is 0 Å². The Morgan fingerprint density at radius 1 is 1.22 bits per heavy atom. The molecule has 0 radical (unpaired) electrons. The van der Waals surface area contributed by atoms with Gasteiger partial charge in [-0.05, 0) is 37.8 Å². The number of nitrogens with zero attached hydrogens (tertiary/aromatic N) is 1. The summed E-state index contributed by atoms with van der Waals surface area (Å²) in [7, 11) is 0. The lowest BCUT2D eigenvalue weighted by atomic mass is 10.1. The van der Waals surface area contributed by atoms with E-state index >= 15 is 0 Å². The van der Waals surface area contributed by atoms with E-state index in [1.165, 1.54) is 6.42 Å². The van der Waals surface area contributed by atoms with Gasteiger partial charge < -0.3 is 5.32 Å². The van der Waals surface area contributed by atoms with Gasteiger partial charge in [0.25, 0.3) is 5.69 Å². The van der Waals surface area contributed by atoms with Crippen molar-refractivity contribution in [2.24, 2.45) is 5.92 Å². The zero-order valence-corrected chi connectivity index (χ0v) is 11.3. The second-order valence-electron chi connectivity index (χ2n) is 5.06. The highest BCUT2D eigenvalue weighted by atomic mass is 16.6. The van der Waals surface area contributed by atoms with Gasteiger partial charge in [0.2, 0.25) is 0 Å². The van der Waals surface area contributed by atoms with E-state index in [0.29, 0.717) is 0 Å². The molecule has 0 bridgehead atoms. The second kappa shape index (κ2) is 7.11. The first-order valence-electron chi connectivity index (χ1n) is 6.48. The van der Waals surface area contributed by atoms with Crippen molar-refractivity contribution in [2.75, 3.05) is 6.54 Å². The van der Waals surface area contributed by atoms with Crippen LogP contribution in [0, 0.1) is 16.0 Å². The standard InChI is InChI=1S/C14H22N2O2/c1-11(2)5-4-10-15-12(3)13-6-8-14(9-7-13)16(17)18/h6-9,11-12,15H,4-5,10H2,1-3H3. The zero-order chi connectivity index (χ0) is 13.5. The maximum Gasteiger partial charge on any atom is 0.269 e. The Morgan fingerprint density at radius 3 is 2.33 bits per heavy atom. The summed E-state index contributed by atoms with van der Waals surface area (Å²) in [6, 6.07) is 6.98. The summed E-state index contributed by atoms with van der Waals surface area (Å²) in [5.74, 6) is 0.737. The highest BCUT2D eigenvalue weighted by Crippen LogP contribution is 2.17. The van der Waals surface area contributed by atoms with Gasteiger partial charge in [-0.15, -0.1) is 0 Å². The van der Waals surface area contributed by atoms with E-state index in [9.17, 15) is 10.1 Å². The van der Waals surface area contributed by atoms with Gasteiger partial charge in [0.1, 0.15) is 0 Å². The molecule has 0 saturated heterocycles. The topological polar surface area (TPSA) is 55.2 Å².